The summed E-state index contributed by atoms with van der Waals surface area (Å²) in [5.41, 5.74) is 14.1. The zero-order valence-corrected chi connectivity index (χ0v) is 11.5. The summed E-state index contributed by atoms with van der Waals surface area (Å²) in [7, 11) is 0. The van der Waals surface area contributed by atoms with E-state index in [1.807, 2.05) is 19.1 Å². The van der Waals surface area contributed by atoms with Gasteiger partial charge in [-0.25, -0.2) is 5.43 Å². The number of hydrazine groups is 1. The first kappa shape index (κ1) is 13.4. The van der Waals surface area contributed by atoms with Gasteiger partial charge in [-0.3, -0.25) is 5.43 Å². The van der Waals surface area contributed by atoms with Gasteiger partial charge >= 0.3 is 0 Å². The van der Waals surface area contributed by atoms with Crippen LogP contribution in [0.15, 0.2) is 35.7 Å². The van der Waals surface area contributed by atoms with E-state index in [0.717, 1.165) is 5.56 Å². The van der Waals surface area contributed by atoms with Crippen LogP contribution in [0.2, 0.25) is 0 Å². The minimum absolute atomic E-state index is 0.0554. The SMILES string of the molecule is CC1NNC2OC(N)=C(C#N)C(c3ccc(C#N)cc3)C12. The Morgan fingerprint density at radius 1 is 1.14 bits per heavy atom. The lowest BCUT2D eigenvalue weighted by Gasteiger charge is -2.35. The van der Waals surface area contributed by atoms with Crippen molar-refractivity contribution in [3.63, 3.8) is 0 Å². The Balaban J connectivity index is 2.08. The number of ether oxygens (including phenoxy) is 1. The Morgan fingerprint density at radius 3 is 2.48 bits per heavy atom. The molecule has 4 unspecified atom stereocenters. The molecule has 1 aromatic rings. The highest BCUT2D eigenvalue weighted by molar-refractivity contribution is 5.43. The lowest BCUT2D eigenvalue weighted by atomic mass is 9.76. The third kappa shape index (κ3) is 2.11. The molecule has 0 bridgehead atoms. The third-order valence-electron chi connectivity index (χ3n) is 4.11. The fourth-order valence-corrected chi connectivity index (χ4v) is 3.06. The predicted octanol–water partition coefficient (Wildman–Crippen LogP) is 0.805. The second kappa shape index (κ2) is 5.10. The topological polar surface area (TPSA) is 107 Å². The first-order chi connectivity index (χ1) is 10.2. The van der Waals surface area contributed by atoms with Gasteiger partial charge in [0.1, 0.15) is 6.07 Å². The van der Waals surface area contributed by atoms with Gasteiger partial charge in [0.25, 0.3) is 0 Å². The molecule has 1 fully saturated rings. The molecule has 6 heteroatoms. The van der Waals surface area contributed by atoms with Gasteiger partial charge in [0, 0.05) is 17.9 Å². The summed E-state index contributed by atoms with van der Waals surface area (Å²) in [6.45, 7) is 2.04. The molecule has 0 spiro atoms. The van der Waals surface area contributed by atoms with Gasteiger partial charge in [-0.05, 0) is 24.6 Å². The van der Waals surface area contributed by atoms with Crippen molar-refractivity contribution >= 4 is 0 Å². The van der Waals surface area contributed by atoms with Crippen molar-refractivity contribution in [3.05, 3.63) is 46.8 Å². The Kier molecular flexibility index (Phi) is 3.26. The summed E-state index contributed by atoms with van der Waals surface area (Å²) in [6, 6.07) is 11.7. The molecule has 2 aliphatic rings. The molecular formula is C15H15N5O. The number of rotatable bonds is 1. The zero-order valence-electron chi connectivity index (χ0n) is 11.5. The van der Waals surface area contributed by atoms with Crippen molar-refractivity contribution in [1.82, 2.24) is 10.9 Å². The molecule has 0 saturated carbocycles. The minimum Gasteiger partial charge on any atom is -0.458 e. The van der Waals surface area contributed by atoms with Gasteiger partial charge in [-0.15, -0.1) is 0 Å². The molecule has 6 nitrogen and oxygen atoms in total. The van der Waals surface area contributed by atoms with Crippen molar-refractivity contribution in [1.29, 1.82) is 10.5 Å². The maximum absolute atomic E-state index is 9.44. The highest BCUT2D eigenvalue weighted by Gasteiger charge is 2.46. The largest absolute Gasteiger partial charge is 0.458 e. The number of fused-ring (bicyclic) bond motifs is 1. The van der Waals surface area contributed by atoms with Gasteiger partial charge in [0.2, 0.25) is 5.88 Å². The first-order valence-corrected chi connectivity index (χ1v) is 6.73. The van der Waals surface area contributed by atoms with Gasteiger partial charge in [0.15, 0.2) is 6.23 Å². The van der Waals surface area contributed by atoms with Crippen LogP contribution in [0.3, 0.4) is 0 Å². The molecular weight excluding hydrogens is 266 g/mol. The Morgan fingerprint density at radius 2 is 1.86 bits per heavy atom. The molecule has 1 aromatic carbocycles. The minimum atomic E-state index is -0.266. The molecule has 1 saturated heterocycles. The third-order valence-corrected chi connectivity index (χ3v) is 4.11. The van der Waals surface area contributed by atoms with Crippen LogP contribution in [0.4, 0.5) is 0 Å². The summed E-state index contributed by atoms with van der Waals surface area (Å²) >= 11 is 0. The predicted molar refractivity (Wildman–Crippen MR) is 74.8 cm³/mol. The molecule has 4 atom stereocenters. The number of nitrogens with one attached hydrogen (secondary N) is 2. The van der Waals surface area contributed by atoms with E-state index >= 15 is 0 Å². The lowest BCUT2D eigenvalue weighted by Crippen LogP contribution is -2.41. The van der Waals surface area contributed by atoms with Crippen LogP contribution in [-0.2, 0) is 4.74 Å². The van der Waals surface area contributed by atoms with Crippen molar-refractivity contribution in [2.45, 2.75) is 25.1 Å². The molecule has 0 aliphatic carbocycles. The number of nitriles is 2. The summed E-state index contributed by atoms with van der Waals surface area (Å²) < 4.78 is 5.59. The highest BCUT2D eigenvalue weighted by Crippen LogP contribution is 2.42. The van der Waals surface area contributed by atoms with E-state index in [1.165, 1.54) is 0 Å². The second-order valence-electron chi connectivity index (χ2n) is 5.29. The Bertz CT molecular complexity index is 667. The summed E-state index contributed by atoms with van der Waals surface area (Å²) in [4.78, 5) is 0. The number of nitrogens with zero attached hydrogens (tertiary/aromatic N) is 2. The normalized spacial score (nSPS) is 31.0. The average Bonchev–Trinajstić information content (AvgIpc) is 2.87. The monoisotopic (exact) mass is 281 g/mol. The van der Waals surface area contributed by atoms with E-state index in [0.29, 0.717) is 11.1 Å². The van der Waals surface area contributed by atoms with Gasteiger partial charge < -0.3 is 10.5 Å². The standard InChI is InChI=1S/C15H15N5O/c1-8-12-13(10-4-2-9(6-16)3-5-10)11(7-17)14(18)21-15(12)20-19-8/h2-5,8,12-13,15,19-20H,18H2,1H3. The number of hydrogen-bond donors (Lipinski definition) is 3. The van der Waals surface area contributed by atoms with Gasteiger partial charge in [-0.2, -0.15) is 10.5 Å². The van der Waals surface area contributed by atoms with Crippen LogP contribution in [0, 0.1) is 28.6 Å². The number of hydrogen-bond acceptors (Lipinski definition) is 6. The van der Waals surface area contributed by atoms with Crippen LogP contribution in [0.25, 0.3) is 0 Å². The van der Waals surface area contributed by atoms with E-state index in [1.54, 1.807) is 12.1 Å². The Labute approximate surface area is 122 Å². The van der Waals surface area contributed by atoms with Crippen molar-refractivity contribution in [2.24, 2.45) is 11.7 Å². The van der Waals surface area contributed by atoms with E-state index in [9.17, 15) is 5.26 Å². The quantitative estimate of drug-likeness (QED) is 0.703. The van der Waals surface area contributed by atoms with Crippen LogP contribution in [0.1, 0.15) is 24.0 Å². The maximum Gasteiger partial charge on any atom is 0.200 e. The fourth-order valence-electron chi connectivity index (χ4n) is 3.06. The zero-order chi connectivity index (χ0) is 15.0. The summed E-state index contributed by atoms with van der Waals surface area (Å²) in [5, 5.41) is 18.3. The Hall–Kier alpha value is -2.54. The smallest absolute Gasteiger partial charge is 0.200 e. The van der Waals surface area contributed by atoms with E-state index in [4.69, 9.17) is 15.7 Å². The van der Waals surface area contributed by atoms with Crippen molar-refractivity contribution in [3.8, 4) is 12.1 Å². The van der Waals surface area contributed by atoms with E-state index < -0.39 is 0 Å². The number of allylic oxidation sites excluding steroid dienone is 1. The maximum atomic E-state index is 9.44. The van der Waals surface area contributed by atoms with E-state index in [-0.39, 0.29) is 30.0 Å². The van der Waals surface area contributed by atoms with Crippen LogP contribution >= 0.6 is 0 Å². The van der Waals surface area contributed by atoms with Gasteiger partial charge in [-0.1, -0.05) is 12.1 Å². The van der Waals surface area contributed by atoms with E-state index in [2.05, 4.69) is 23.0 Å². The molecule has 106 valence electrons. The van der Waals surface area contributed by atoms with Crippen molar-refractivity contribution < 1.29 is 4.74 Å². The van der Waals surface area contributed by atoms with Crippen LogP contribution in [-0.4, -0.2) is 12.3 Å². The molecule has 3 rings (SSSR count). The second-order valence-corrected chi connectivity index (χ2v) is 5.29. The van der Waals surface area contributed by atoms with Crippen molar-refractivity contribution in [2.75, 3.05) is 0 Å². The summed E-state index contributed by atoms with van der Waals surface area (Å²) in [5.74, 6) is 0.0652. The average molecular weight is 281 g/mol. The fraction of sp³-hybridized carbons (Fsp3) is 0.333. The molecule has 2 aliphatic heterocycles. The van der Waals surface area contributed by atoms with Crippen LogP contribution in [0.5, 0.6) is 0 Å². The lowest BCUT2D eigenvalue weighted by molar-refractivity contribution is 0.0351. The number of benzene rings is 1. The van der Waals surface area contributed by atoms with Crippen LogP contribution < -0.4 is 16.6 Å². The highest BCUT2D eigenvalue weighted by atomic mass is 16.5. The van der Waals surface area contributed by atoms with Gasteiger partial charge in [0.05, 0.1) is 17.2 Å². The molecule has 21 heavy (non-hydrogen) atoms. The molecule has 2 heterocycles. The summed E-state index contributed by atoms with van der Waals surface area (Å²) in [6.07, 6.45) is -0.266. The number of nitrogens with two attached hydrogens (primary N) is 1. The molecule has 4 N–H and O–H groups in total. The first-order valence-electron chi connectivity index (χ1n) is 6.73. The molecule has 0 amide bonds. The molecule has 0 aromatic heterocycles. The molecule has 0 radical (unpaired) electrons.